The smallest absolute Gasteiger partial charge is 0.319 e. The maximum absolute atomic E-state index is 13.0. The Kier molecular flexibility index (Phi) is 6.23. The van der Waals surface area contributed by atoms with E-state index in [9.17, 15) is 9.18 Å². The molecule has 0 aliphatic carbocycles. The summed E-state index contributed by atoms with van der Waals surface area (Å²) >= 11 is 5.65. The van der Waals surface area contributed by atoms with Crippen LogP contribution in [0, 0.1) is 12.7 Å². The molecule has 0 aliphatic heterocycles. The van der Waals surface area contributed by atoms with E-state index in [0.717, 1.165) is 11.3 Å². The molecule has 0 saturated carbocycles. The molecule has 0 aromatic heterocycles. The second-order valence-electron chi connectivity index (χ2n) is 4.98. The highest BCUT2D eigenvalue weighted by Crippen LogP contribution is 2.19. The molecule has 0 unspecified atom stereocenters. The number of anilines is 1. The number of ether oxygens (including phenoxy) is 1. The number of para-hydroxylation sites is 1. The maximum atomic E-state index is 13.0. The zero-order valence-electron chi connectivity index (χ0n) is 12.7. The quantitative estimate of drug-likeness (QED) is 0.769. The van der Waals surface area contributed by atoms with Crippen molar-refractivity contribution in [2.24, 2.45) is 0 Å². The van der Waals surface area contributed by atoms with Gasteiger partial charge in [0.15, 0.2) is 0 Å². The number of hydrogen-bond donors (Lipinski definition) is 2. The molecule has 0 heterocycles. The fourth-order valence-electron chi connectivity index (χ4n) is 1.92. The first-order valence-electron chi connectivity index (χ1n) is 7.24. The van der Waals surface area contributed by atoms with Gasteiger partial charge in [0, 0.05) is 12.2 Å². The van der Waals surface area contributed by atoms with E-state index in [4.69, 9.17) is 16.3 Å². The van der Waals surface area contributed by atoms with Crippen LogP contribution in [-0.4, -0.2) is 19.2 Å². The van der Waals surface area contributed by atoms with Crippen LogP contribution in [0.4, 0.5) is 14.9 Å². The van der Waals surface area contributed by atoms with Crippen molar-refractivity contribution in [3.63, 3.8) is 0 Å². The van der Waals surface area contributed by atoms with Crippen molar-refractivity contribution in [1.82, 2.24) is 5.32 Å². The van der Waals surface area contributed by atoms with Gasteiger partial charge < -0.3 is 15.4 Å². The summed E-state index contributed by atoms with van der Waals surface area (Å²) in [6, 6.07) is 11.4. The van der Waals surface area contributed by atoms with Crippen LogP contribution in [0.5, 0.6) is 5.75 Å². The van der Waals surface area contributed by atoms with E-state index in [-0.39, 0.29) is 11.1 Å². The Labute approximate surface area is 139 Å². The number of urea groups is 1. The average molecular weight is 337 g/mol. The fourth-order valence-corrected chi connectivity index (χ4v) is 2.10. The SMILES string of the molecule is Cc1ccccc1OCCCNC(=O)Nc1ccc(F)c(Cl)c1. The number of benzene rings is 2. The lowest BCUT2D eigenvalue weighted by Crippen LogP contribution is -2.30. The minimum atomic E-state index is -0.522. The molecule has 4 nitrogen and oxygen atoms in total. The molecule has 2 aromatic carbocycles. The van der Waals surface area contributed by atoms with E-state index in [1.54, 1.807) is 0 Å². The summed E-state index contributed by atoms with van der Waals surface area (Å²) in [4.78, 5) is 11.7. The third-order valence-corrected chi connectivity index (χ3v) is 3.42. The van der Waals surface area contributed by atoms with E-state index in [1.807, 2.05) is 31.2 Å². The van der Waals surface area contributed by atoms with Crippen LogP contribution in [0.25, 0.3) is 0 Å². The number of amides is 2. The first kappa shape index (κ1) is 17.1. The van der Waals surface area contributed by atoms with Gasteiger partial charge in [0.1, 0.15) is 11.6 Å². The van der Waals surface area contributed by atoms with Crippen LogP contribution < -0.4 is 15.4 Å². The zero-order chi connectivity index (χ0) is 16.7. The van der Waals surface area contributed by atoms with Gasteiger partial charge in [0.05, 0.1) is 11.6 Å². The summed E-state index contributed by atoms with van der Waals surface area (Å²) in [6.07, 6.45) is 0.673. The molecule has 122 valence electrons. The molecule has 0 saturated heterocycles. The van der Waals surface area contributed by atoms with Gasteiger partial charge in [-0.2, -0.15) is 0 Å². The fraction of sp³-hybridized carbons (Fsp3) is 0.235. The van der Waals surface area contributed by atoms with Crippen molar-refractivity contribution in [2.75, 3.05) is 18.5 Å². The maximum Gasteiger partial charge on any atom is 0.319 e. The van der Waals surface area contributed by atoms with Gasteiger partial charge in [0.25, 0.3) is 0 Å². The number of rotatable bonds is 6. The first-order chi connectivity index (χ1) is 11.1. The van der Waals surface area contributed by atoms with E-state index in [2.05, 4.69) is 10.6 Å². The van der Waals surface area contributed by atoms with Crippen molar-refractivity contribution in [3.05, 3.63) is 58.9 Å². The van der Waals surface area contributed by atoms with Gasteiger partial charge in [0.2, 0.25) is 0 Å². The molecule has 0 spiro atoms. The Bertz CT molecular complexity index is 679. The monoisotopic (exact) mass is 336 g/mol. The average Bonchev–Trinajstić information content (AvgIpc) is 2.52. The molecule has 0 bridgehead atoms. The molecular formula is C17H18ClFN2O2. The summed E-state index contributed by atoms with van der Waals surface area (Å²) in [5, 5.41) is 5.25. The number of aryl methyl sites for hydroxylation is 1. The predicted octanol–water partition coefficient (Wildman–Crippen LogP) is 4.38. The Morgan fingerprint density at radius 3 is 2.78 bits per heavy atom. The number of hydrogen-bond acceptors (Lipinski definition) is 2. The van der Waals surface area contributed by atoms with E-state index >= 15 is 0 Å². The lowest BCUT2D eigenvalue weighted by molar-refractivity contribution is 0.250. The molecule has 2 amide bonds. The Balaban J connectivity index is 1.67. The molecular weight excluding hydrogens is 319 g/mol. The lowest BCUT2D eigenvalue weighted by atomic mass is 10.2. The summed E-state index contributed by atoms with van der Waals surface area (Å²) in [5.74, 6) is 0.323. The highest BCUT2D eigenvalue weighted by atomic mass is 35.5. The van der Waals surface area contributed by atoms with E-state index < -0.39 is 5.82 Å². The van der Waals surface area contributed by atoms with Crippen LogP contribution in [0.15, 0.2) is 42.5 Å². The van der Waals surface area contributed by atoms with Crippen LogP contribution in [0.2, 0.25) is 5.02 Å². The lowest BCUT2D eigenvalue weighted by Gasteiger charge is -2.10. The summed E-state index contributed by atoms with van der Waals surface area (Å²) in [5.41, 5.74) is 1.51. The molecule has 6 heteroatoms. The zero-order valence-corrected chi connectivity index (χ0v) is 13.5. The first-order valence-corrected chi connectivity index (χ1v) is 7.62. The predicted molar refractivity (Wildman–Crippen MR) is 89.7 cm³/mol. The van der Waals surface area contributed by atoms with Crippen LogP contribution in [0.1, 0.15) is 12.0 Å². The van der Waals surface area contributed by atoms with Gasteiger partial charge in [-0.1, -0.05) is 29.8 Å². The molecule has 0 aliphatic rings. The standard InChI is InChI=1S/C17H18ClFN2O2/c1-12-5-2-3-6-16(12)23-10-4-9-20-17(22)21-13-7-8-15(19)14(18)11-13/h2-3,5-8,11H,4,9-10H2,1H3,(H2,20,21,22). The summed E-state index contributed by atoms with van der Waals surface area (Å²) < 4.78 is 18.7. The minimum Gasteiger partial charge on any atom is -0.493 e. The van der Waals surface area contributed by atoms with Crippen molar-refractivity contribution >= 4 is 23.3 Å². The molecule has 2 aromatic rings. The van der Waals surface area contributed by atoms with E-state index in [0.29, 0.717) is 25.3 Å². The molecule has 0 radical (unpaired) electrons. The Morgan fingerprint density at radius 2 is 2.04 bits per heavy atom. The van der Waals surface area contributed by atoms with Crippen molar-refractivity contribution in [3.8, 4) is 5.75 Å². The number of carbonyl (C=O) groups excluding carboxylic acids is 1. The summed E-state index contributed by atoms with van der Waals surface area (Å²) in [7, 11) is 0. The highest BCUT2D eigenvalue weighted by molar-refractivity contribution is 6.31. The van der Waals surface area contributed by atoms with E-state index in [1.165, 1.54) is 18.2 Å². The van der Waals surface area contributed by atoms with Crippen LogP contribution in [-0.2, 0) is 0 Å². The second-order valence-corrected chi connectivity index (χ2v) is 5.38. The normalized spacial score (nSPS) is 10.2. The largest absolute Gasteiger partial charge is 0.493 e. The van der Waals surface area contributed by atoms with Crippen molar-refractivity contribution < 1.29 is 13.9 Å². The molecule has 2 N–H and O–H groups in total. The van der Waals surface area contributed by atoms with Gasteiger partial charge in [-0.3, -0.25) is 0 Å². The van der Waals surface area contributed by atoms with Crippen molar-refractivity contribution in [1.29, 1.82) is 0 Å². The summed E-state index contributed by atoms with van der Waals surface area (Å²) in [6.45, 7) is 2.95. The van der Waals surface area contributed by atoms with Gasteiger partial charge in [-0.05, 0) is 43.2 Å². The van der Waals surface area contributed by atoms with Gasteiger partial charge in [-0.25, -0.2) is 9.18 Å². The Morgan fingerprint density at radius 1 is 1.26 bits per heavy atom. The van der Waals surface area contributed by atoms with Crippen LogP contribution in [0.3, 0.4) is 0 Å². The third-order valence-electron chi connectivity index (χ3n) is 3.14. The molecule has 2 rings (SSSR count). The minimum absolute atomic E-state index is 0.0329. The number of carbonyl (C=O) groups is 1. The topological polar surface area (TPSA) is 50.4 Å². The second kappa shape index (κ2) is 8.39. The van der Waals surface area contributed by atoms with Gasteiger partial charge in [-0.15, -0.1) is 0 Å². The molecule has 0 fully saturated rings. The Hall–Kier alpha value is -2.27. The van der Waals surface area contributed by atoms with Gasteiger partial charge >= 0.3 is 6.03 Å². The molecule has 23 heavy (non-hydrogen) atoms. The number of nitrogens with one attached hydrogen (secondary N) is 2. The number of halogens is 2. The van der Waals surface area contributed by atoms with Crippen LogP contribution >= 0.6 is 11.6 Å². The van der Waals surface area contributed by atoms with Crippen molar-refractivity contribution in [2.45, 2.75) is 13.3 Å². The molecule has 0 atom stereocenters. The third kappa shape index (κ3) is 5.45. The highest BCUT2D eigenvalue weighted by Gasteiger charge is 2.04.